The Morgan fingerprint density at radius 3 is 2.68 bits per heavy atom. The van der Waals surface area contributed by atoms with Gasteiger partial charge in [0.2, 0.25) is 0 Å². The van der Waals surface area contributed by atoms with Gasteiger partial charge in [0.1, 0.15) is 5.69 Å². The highest BCUT2D eigenvalue weighted by Gasteiger charge is 2.19. The first-order valence-electron chi connectivity index (χ1n) is 7.92. The number of likely N-dealkylation sites (N-methyl/N-ethyl adjacent to an activating group) is 1. The van der Waals surface area contributed by atoms with E-state index in [4.69, 9.17) is 12.2 Å². The maximum atomic E-state index is 12.7. The number of rotatable bonds is 6. The van der Waals surface area contributed by atoms with Gasteiger partial charge in [-0.05, 0) is 49.9 Å². The lowest BCUT2D eigenvalue weighted by molar-refractivity contribution is 0.0935. The lowest BCUT2D eigenvalue weighted by Crippen LogP contribution is -2.35. The number of carbonyl (C=O) groups excluding carboxylic acids is 1. The second-order valence-electron chi connectivity index (χ2n) is 5.85. The second kappa shape index (κ2) is 7.77. The summed E-state index contributed by atoms with van der Waals surface area (Å²) in [5.74, 6) is -0.153. The Kier molecular flexibility index (Phi) is 5.47. The number of imidazole rings is 1. The Morgan fingerprint density at radius 1 is 1.28 bits per heavy atom. The van der Waals surface area contributed by atoms with Gasteiger partial charge in [-0.15, -0.1) is 11.3 Å². The van der Waals surface area contributed by atoms with Crippen molar-refractivity contribution < 1.29 is 4.79 Å². The van der Waals surface area contributed by atoms with Crippen molar-refractivity contribution >= 4 is 29.5 Å². The van der Waals surface area contributed by atoms with Gasteiger partial charge in [-0.2, -0.15) is 0 Å². The highest BCUT2D eigenvalue weighted by Crippen LogP contribution is 2.22. The predicted molar refractivity (Wildman–Crippen MR) is 104 cm³/mol. The van der Waals surface area contributed by atoms with E-state index in [1.54, 1.807) is 22.1 Å². The summed E-state index contributed by atoms with van der Waals surface area (Å²) < 4.78 is 2.25. The highest BCUT2D eigenvalue weighted by molar-refractivity contribution is 7.71. The first-order valence-corrected chi connectivity index (χ1v) is 9.20. The molecule has 3 aromatic rings. The molecule has 1 atom stereocenters. The smallest absolute Gasteiger partial charge is 0.269 e. The molecule has 0 saturated carbocycles. The molecule has 3 rings (SSSR count). The lowest BCUT2D eigenvalue weighted by atomic mass is 10.2. The Labute approximate surface area is 155 Å². The number of aromatic amines is 1. The van der Waals surface area contributed by atoms with Crippen LogP contribution in [0.3, 0.4) is 0 Å². The van der Waals surface area contributed by atoms with E-state index in [1.807, 2.05) is 55.9 Å². The molecule has 1 amide bonds. The molecule has 2 heterocycles. The molecule has 0 radical (unpaired) electrons. The molecule has 130 valence electrons. The first-order chi connectivity index (χ1) is 12.1. The van der Waals surface area contributed by atoms with E-state index in [-0.39, 0.29) is 11.9 Å². The summed E-state index contributed by atoms with van der Waals surface area (Å²) in [4.78, 5) is 19.0. The van der Waals surface area contributed by atoms with Crippen LogP contribution < -0.4 is 5.32 Å². The molecule has 0 fully saturated rings. The number of hydrogen-bond acceptors (Lipinski definition) is 4. The molecule has 0 aliphatic carbocycles. The summed E-state index contributed by atoms with van der Waals surface area (Å²) >= 11 is 7.03. The minimum Gasteiger partial charge on any atom is -0.349 e. The molecule has 7 heteroatoms. The van der Waals surface area contributed by atoms with Gasteiger partial charge in [0.05, 0.1) is 6.04 Å². The topological polar surface area (TPSA) is 53.1 Å². The zero-order chi connectivity index (χ0) is 17.8. The lowest BCUT2D eigenvalue weighted by Gasteiger charge is -2.23. The molecule has 1 unspecified atom stereocenters. The molecule has 0 saturated heterocycles. The highest BCUT2D eigenvalue weighted by atomic mass is 32.1. The number of amides is 1. The maximum absolute atomic E-state index is 12.7. The van der Waals surface area contributed by atoms with Gasteiger partial charge in [-0.3, -0.25) is 9.36 Å². The van der Waals surface area contributed by atoms with E-state index >= 15 is 0 Å². The molecule has 0 bridgehead atoms. The van der Waals surface area contributed by atoms with E-state index in [2.05, 4.69) is 21.3 Å². The van der Waals surface area contributed by atoms with Crippen molar-refractivity contribution in [2.24, 2.45) is 0 Å². The number of thiophene rings is 1. The average Bonchev–Trinajstić information content (AvgIpc) is 3.25. The number of carbonyl (C=O) groups is 1. The van der Waals surface area contributed by atoms with Gasteiger partial charge in [-0.25, -0.2) is 0 Å². The van der Waals surface area contributed by atoms with Crippen LogP contribution in [0.1, 0.15) is 21.4 Å². The van der Waals surface area contributed by atoms with Crippen molar-refractivity contribution in [3.05, 3.63) is 69.4 Å². The van der Waals surface area contributed by atoms with Crippen LogP contribution in [-0.2, 0) is 0 Å². The third kappa shape index (κ3) is 3.89. The standard InChI is InChI=1S/C18H20N4OS2/c1-21(2)14(16-9-6-10-25-16)11-19-17(23)15-12-20-18(24)22(15)13-7-4-3-5-8-13/h3-10,12,14H,11H2,1-2H3,(H,19,23)(H,20,24). The van der Waals surface area contributed by atoms with Crippen LogP contribution in [0.2, 0.25) is 0 Å². The quantitative estimate of drug-likeness (QED) is 0.650. The van der Waals surface area contributed by atoms with Crippen LogP contribution in [0.5, 0.6) is 0 Å². The molecular weight excluding hydrogens is 352 g/mol. The van der Waals surface area contributed by atoms with Crippen LogP contribution in [0.25, 0.3) is 5.69 Å². The van der Waals surface area contributed by atoms with Crippen LogP contribution in [0.15, 0.2) is 54.0 Å². The van der Waals surface area contributed by atoms with E-state index < -0.39 is 0 Å². The Morgan fingerprint density at radius 2 is 2.04 bits per heavy atom. The molecule has 1 aromatic carbocycles. The fourth-order valence-electron chi connectivity index (χ4n) is 2.67. The van der Waals surface area contributed by atoms with Crippen LogP contribution >= 0.6 is 23.6 Å². The monoisotopic (exact) mass is 372 g/mol. The summed E-state index contributed by atoms with van der Waals surface area (Å²) in [5, 5.41) is 5.08. The van der Waals surface area contributed by atoms with Gasteiger partial charge >= 0.3 is 0 Å². The van der Waals surface area contributed by atoms with Gasteiger partial charge in [-0.1, -0.05) is 24.3 Å². The van der Waals surface area contributed by atoms with E-state index in [0.717, 1.165) is 5.69 Å². The fraction of sp³-hybridized carbons (Fsp3) is 0.222. The van der Waals surface area contributed by atoms with E-state index in [9.17, 15) is 4.79 Å². The van der Waals surface area contributed by atoms with Gasteiger partial charge < -0.3 is 15.2 Å². The van der Waals surface area contributed by atoms with Crippen LogP contribution in [-0.4, -0.2) is 41.0 Å². The number of nitrogens with one attached hydrogen (secondary N) is 2. The summed E-state index contributed by atoms with van der Waals surface area (Å²) in [6.45, 7) is 0.527. The molecule has 0 aliphatic heterocycles. The third-order valence-corrected chi connectivity index (χ3v) is 5.25. The van der Waals surface area contributed by atoms with E-state index in [0.29, 0.717) is 17.0 Å². The number of nitrogens with zero attached hydrogens (tertiary/aromatic N) is 2. The summed E-state index contributed by atoms with van der Waals surface area (Å²) in [5.41, 5.74) is 1.36. The molecule has 5 nitrogen and oxygen atoms in total. The molecule has 0 spiro atoms. The summed E-state index contributed by atoms with van der Waals surface area (Å²) in [6, 6.07) is 13.9. The summed E-state index contributed by atoms with van der Waals surface area (Å²) in [7, 11) is 4.02. The van der Waals surface area contributed by atoms with Crippen molar-refractivity contribution in [2.75, 3.05) is 20.6 Å². The van der Waals surface area contributed by atoms with Crippen molar-refractivity contribution in [3.63, 3.8) is 0 Å². The zero-order valence-electron chi connectivity index (χ0n) is 14.1. The van der Waals surface area contributed by atoms with E-state index in [1.165, 1.54) is 4.88 Å². The molecule has 25 heavy (non-hydrogen) atoms. The number of H-pyrrole nitrogens is 1. The molecule has 0 aliphatic rings. The number of benzene rings is 1. The van der Waals surface area contributed by atoms with Gasteiger partial charge in [0.25, 0.3) is 5.91 Å². The normalized spacial score (nSPS) is 12.3. The molecule has 2 aromatic heterocycles. The SMILES string of the molecule is CN(C)C(CNC(=O)c1c[nH]c(=S)n1-c1ccccc1)c1cccs1. The predicted octanol–water partition coefficient (Wildman–Crippen LogP) is 3.63. The van der Waals surface area contributed by atoms with Crippen molar-refractivity contribution in [3.8, 4) is 5.69 Å². The van der Waals surface area contributed by atoms with Gasteiger partial charge in [0, 0.05) is 23.3 Å². The number of para-hydroxylation sites is 1. The largest absolute Gasteiger partial charge is 0.349 e. The van der Waals surface area contributed by atoms with Crippen LogP contribution in [0.4, 0.5) is 0 Å². The third-order valence-electron chi connectivity index (χ3n) is 3.97. The minimum atomic E-state index is -0.153. The molecular formula is C18H20N4OS2. The summed E-state index contributed by atoms with van der Waals surface area (Å²) in [6.07, 6.45) is 1.65. The average molecular weight is 373 g/mol. The second-order valence-corrected chi connectivity index (χ2v) is 7.22. The van der Waals surface area contributed by atoms with Gasteiger partial charge in [0.15, 0.2) is 4.77 Å². The maximum Gasteiger partial charge on any atom is 0.269 e. The Balaban J connectivity index is 1.80. The first kappa shape index (κ1) is 17.6. The fourth-order valence-corrected chi connectivity index (χ4v) is 3.85. The number of hydrogen-bond donors (Lipinski definition) is 2. The van der Waals surface area contributed by atoms with Crippen molar-refractivity contribution in [1.29, 1.82) is 0 Å². The Hall–Kier alpha value is -2.22. The van der Waals surface area contributed by atoms with Crippen LogP contribution in [0, 0.1) is 4.77 Å². The zero-order valence-corrected chi connectivity index (χ0v) is 15.7. The Bertz CT molecular complexity index is 881. The molecule has 2 N–H and O–H groups in total. The number of aromatic nitrogens is 2. The minimum absolute atomic E-state index is 0.135. The van der Waals surface area contributed by atoms with Crippen molar-refractivity contribution in [2.45, 2.75) is 6.04 Å². The van der Waals surface area contributed by atoms with Crippen molar-refractivity contribution in [1.82, 2.24) is 19.8 Å².